The zero-order chi connectivity index (χ0) is 12.1. The van der Waals surface area contributed by atoms with E-state index in [1.54, 1.807) is 6.20 Å². The first-order chi connectivity index (χ1) is 8.25. The van der Waals surface area contributed by atoms with Crippen LogP contribution in [-0.2, 0) is 6.42 Å². The Morgan fingerprint density at radius 3 is 3.00 bits per heavy atom. The van der Waals surface area contributed by atoms with Gasteiger partial charge < -0.3 is 9.73 Å². The first-order valence-electron chi connectivity index (χ1n) is 5.67. The van der Waals surface area contributed by atoms with Crippen molar-refractivity contribution in [2.45, 2.75) is 32.7 Å². The van der Waals surface area contributed by atoms with Crippen LogP contribution in [-0.4, -0.2) is 38.2 Å². The molecule has 0 aliphatic carbocycles. The third kappa shape index (κ3) is 3.35. The molecule has 0 radical (unpaired) electrons. The van der Waals surface area contributed by atoms with Gasteiger partial charge >= 0.3 is 0 Å². The highest BCUT2D eigenvalue weighted by Gasteiger charge is 2.10. The standard InChI is InChI=1S/C10H16N6O/c1-7(2)11-5-3-4-9-14-15-10(17-9)8-6-12-16-13-8/h6-7,11H,3-5H2,1-2H3,(H,12,13,16). The minimum Gasteiger partial charge on any atom is -0.419 e. The Labute approximate surface area is 99.0 Å². The van der Waals surface area contributed by atoms with Crippen LogP contribution in [0.2, 0.25) is 0 Å². The van der Waals surface area contributed by atoms with E-state index in [2.05, 4.69) is 44.8 Å². The molecule has 7 heteroatoms. The van der Waals surface area contributed by atoms with Crippen molar-refractivity contribution in [3.05, 3.63) is 12.1 Å². The molecule has 7 nitrogen and oxygen atoms in total. The molecule has 2 N–H and O–H groups in total. The largest absolute Gasteiger partial charge is 0.419 e. The molecule has 2 aromatic heterocycles. The van der Waals surface area contributed by atoms with Crippen molar-refractivity contribution in [2.24, 2.45) is 0 Å². The highest BCUT2D eigenvalue weighted by molar-refractivity contribution is 5.42. The predicted octanol–water partition coefficient (Wildman–Crippen LogP) is 0.785. The van der Waals surface area contributed by atoms with Crippen LogP contribution < -0.4 is 5.32 Å². The summed E-state index contributed by atoms with van der Waals surface area (Å²) in [5, 5.41) is 21.3. The summed E-state index contributed by atoms with van der Waals surface area (Å²) in [5.74, 6) is 1.04. The van der Waals surface area contributed by atoms with Gasteiger partial charge in [-0.25, -0.2) is 0 Å². The molecular formula is C10H16N6O. The predicted molar refractivity (Wildman–Crippen MR) is 61.1 cm³/mol. The van der Waals surface area contributed by atoms with E-state index in [4.69, 9.17) is 4.42 Å². The Bertz CT molecular complexity index is 435. The third-order valence-electron chi connectivity index (χ3n) is 2.22. The van der Waals surface area contributed by atoms with E-state index in [-0.39, 0.29) is 0 Å². The second-order valence-electron chi connectivity index (χ2n) is 4.07. The van der Waals surface area contributed by atoms with Gasteiger partial charge in [0, 0.05) is 12.5 Å². The number of nitrogens with zero attached hydrogens (tertiary/aromatic N) is 4. The van der Waals surface area contributed by atoms with E-state index in [0.29, 0.717) is 23.5 Å². The topological polar surface area (TPSA) is 92.5 Å². The second kappa shape index (κ2) is 5.53. The summed E-state index contributed by atoms with van der Waals surface area (Å²) < 4.78 is 5.46. The Morgan fingerprint density at radius 2 is 2.29 bits per heavy atom. The molecule has 0 unspecified atom stereocenters. The number of aromatic amines is 1. The summed E-state index contributed by atoms with van der Waals surface area (Å²) in [6.07, 6.45) is 3.29. The molecule has 92 valence electrons. The van der Waals surface area contributed by atoms with Gasteiger partial charge in [0.05, 0.1) is 6.20 Å². The van der Waals surface area contributed by atoms with Crippen molar-refractivity contribution in [2.75, 3.05) is 6.54 Å². The van der Waals surface area contributed by atoms with Gasteiger partial charge in [0.1, 0.15) is 0 Å². The van der Waals surface area contributed by atoms with E-state index in [1.165, 1.54) is 0 Å². The van der Waals surface area contributed by atoms with Gasteiger partial charge in [0.15, 0.2) is 5.69 Å². The molecule has 0 fully saturated rings. The molecule has 0 amide bonds. The fraction of sp³-hybridized carbons (Fsp3) is 0.600. The summed E-state index contributed by atoms with van der Waals surface area (Å²) in [6, 6.07) is 0.503. The molecule has 0 aliphatic heterocycles. The van der Waals surface area contributed by atoms with Crippen molar-refractivity contribution < 1.29 is 4.42 Å². The van der Waals surface area contributed by atoms with Crippen molar-refractivity contribution in [1.29, 1.82) is 0 Å². The van der Waals surface area contributed by atoms with Crippen LogP contribution >= 0.6 is 0 Å². The maximum atomic E-state index is 5.46. The fourth-order valence-corrected chi connectivity index (χ4v) is 1.39. The minimum atomic E-state index is 0.408. The number of aryl methyl sites for hydroxylation is 1. The van der Waals surface area contributed by atoms with E-state index in [1.807, 2.05) is 0 Å². The summed E-state index contributed by atoms with van der Waals surface area (Å²) in [5.41, 5.74) is 0.573. The highest BCUT2D eigenvalue weighted by atomic mass is 16.4. The molecule has 0 saturated carbocycles. The van der Waals surface area contributed by atoms with Crippen molar-refractivity contribution in [3.8, 4) is 11.6 Å². The molecule has 2 rings (SSSR count). The Kier molecular flexibility index (Phi) is 3.81. The SMILES string of the molecule is CC(C)NCCCc1nnc(-c2cn[nH]n2)o1. The summed E-state index contributed by atoms with van der Waals surface area (Å²) in [6.45, 7) is 5.18. The first-order valence-corrected chi connectivity index (χ1v) is 5.67. The van der Waals surface area contributed by atoms with Crippen molar-refractivity contribution >= 4 is 0 Å². The fourth-order valence-electron chi connectivity index (χ4n) is 1.39. The molecule has 2 aromatic rings. The van der Waals surface area contributed by atoms with Crippen LogP contribution in [0.25, 0.3) is 11.6 Å². The number of nitrogens with one attached hydrogen (secondary N) is 2. The smallest absolute Gasteiger partial charge is 0.269 e. The molecule has 0 saturated heterocycles. The Morgan fingerprint density at radius 1 is 1.41 bits per heavy atom. The summed E-state index contributed by atoms with van der Waals surface area (Å²) in [4.78, 5) is 0. The quantitative estimate of drug-likeness (QED) is 0.720. The van der Waals surface area contributed by atoms with Crippen LogP contribution in [0.4, 0.5) is 0 Å². The lowest BCUT2D eigenvalue weighted by molar-refractivity contribution is 0.483. The number of hydrogen-bond acceptors (Lipinski definition) is 6. The number of H-pyrrole nitrogens is 1. The average molecular weight is 236 g/mol. The van der Waals surface area contributed by atoms with Crippen LogP contribution in [0.15, 0.2) is 10.6 Å². The van der Waals surface area contributed by atoms with Gasteiger partial charge in [-0.05, 0) is 13.0 Å². The maximum absolute atomic E-state index is 5.46. The van der Waals surface area contributed by atoms with Gasteiger partial charge in [-0.3, -0.25) is 0 Å². The lowest BCUT2D eigenvalue weighted by Crippen LogP contribution is -2.23. The zero-order valence-electron chi connectivity index (χ0n) is 9.97. The molecule has 0 aromatic carbocycles. The second-order valence-corrected chi connectivity index (χ2v) is 4.07. The monoisotopic (exact) mass is 236 g/mol. The zero-order valence-corrected chi connectivity index (χ0v) is 9.97. The number of rotatable bonds is 6. The molecule has 2 heterocycles. The third-order valence-corrected chi connectivity index (χ3v) is 2.22. The lowest BCUT2D eigenvalue weighted by Gasteiger charge is -2.05. The number of hydrogen-bond donors (Lipinski definition) is 2. The minimum absolute atomic E-state index is 0.408. The molecule has 0 atom stereocenters. The highest BCUT2D eigenvalue weighted by Crippen LogP contribution is 2.13. The van der Waals surface area contributed by atoms with E-state index < -0.39 is 0 Å². The average Bonchev–Trinajstić information content (AvgIpc) is 2.94. The van der Waals surface area contributed by atoms with Crippen LogP contribution in [0.1, 0.15) is 26.2 Å². The van der Waals surface area contributed by atoms with E-state index in [0.717, 1.165) is 19.4 Å². The molecule has 0 bridgehead atoms. The normalized spacial score (nSPS) is 11.2. The van der Waals surface area contributed by atoms with E-state index in [9.17, 15) is 0 Å². The maximum Gasteiger partial charge on any atom is 0.269 e. The molecule has 0 spiro atoms. The van der Waals surface area contributed by atoms with Crippen molar-refractivity contribution in [1.82, 2.24) is 30.9 Å². The molecule has 0 aliphatic rings. The van der Waals surface area contributed by atoms with E-state index >= 15 is 0 Å². The van der Waals surface area contributed by atoms with Crippen LogP contribution in [0.3, 0.4) is 0 Å². The molecule has 17 heavy (non-hydrogen) atoms. The van der Waals surface area contributed by atoms with Gasteiger partial charge in [-0.15, -0.1) is 10.2 Å². The Balaban J connectivity index is 1.83. The first kappa shape index (κ1) is 11.7. The Hall–Kier alpha value is -1.76. The van der Waals surface area contributed by atoms with Gasteiger partial charge in [0.25, 0.3) is 5.89 Å². The van der Waals surface area contributed by atoms with Crippen molar-refractivity contribution in [3.63, 3.8) is 0 Å². The summed E-state index contributed by atoms with van der Waals surface area (Å²) in [7, 11) is 0. The molecular weight excluding hydrogens is 220 g/mol. The van der Waals surface area contributed by atoms with Crippen LogP contribution in [0.5, 0.6) is 0 Å². The van der Waals surface area contributed by atoms with Crippen LogP contribution in [0, 0.1) is 0 Å². The van der Waals surface area contributed by atoms with Gasteiger partial charge in [-0.2, -0.15) is 15.4 Å². The van der Waals surface area contributed by atoms with Gasteiger partial charge in [0.2, 0.25) is 5.89 Å². The van der Waals surface area contributed by atoms with Gasteiger partial charge in [-0.1, -0.05) is 13.8 Å². The summed E-state index contributed by atoms with van der Waals surface area (Å²) >= 11 is 0. The lowest BCUT2D eigenvalue weighted by atomic mass is 10.3. The number of aromatic nitrogens is 5.